The van der Waals surface area contributed by atoms with Gasteiger partial charge in [0, 0.05) is 12.5 Å². The van der Waals surface area contributed by atoms with Gasteiger partial charge in [0.15, 0.2) is 5.82 Å². The van der Waals surface area contributed by atoms with Gasteiger partial charge in [-0.25, -0.2) is 0 Å². The third-order valence-electron chi connectivity index (χ3n) is 4.89. The van der Waals surface area contributed by atoms with E-state index in [0.29, 0.717) is 18.4 Å². The van der Waals surface area contributed by atoms with Crippen LogP contribution in [0.4, 0.5) is 0 Å². The van der Waals surface area contributed by atoms with Crippen molar-refractivity contribution in [1.82, 2.24) is 15.5 Å². The van der Waals surface area contributed by atoms with Crippen LogP contribution in [0.5, 0.6) is 0 Å². The Morgan fingerprint density at radius 1 is 1.08 bits per heavy atom. The lowest BCUT2D eigenvalue weighted by molar-refractivity contribution is 0.312. The van der Waals surface area contributed by atoms with E-state index in [1.165, 1.54) is 16.7 Å². The molecule has 1 aliphatic carbocycles. The van der Waals surface area contributed by atoms with Gasteiger partial charge < -0.3 is 9.84 Å². The number of hydrogen-bond acceptors (Lipinski definition) is 4. The third-order valence-corrected chi connectivity index (χ3v) is 4.89. The smallest absolute Gasteiger partial charge is 0.243 e. The number of fused-ring (bicyclic) bond motifs is 1. The molecule has 0 saturated heterocycles. The molecule has 1 aromatic heterocycles. The Bertz CT molecular complexity index is 828. The minimum absolute atomic E-state index is 0.0623. The lowest BCUT2D eigenvalue weighted by Gasteiger charge is -2.27. The standard InChI is InChI=1S/C21H23N3O/c1-15(22-19-12-11-17-9-5-6-10-18(17)14-19)21-23-20(24-25-21)13-16-7-3-2-4-8-16/h2-10,15,19,22H,11-14H2,1H3. The van der Waals surface area contributed by atoms with Crippen molar-refractivity contribution in [3.8, 4) is 0 Å². The second kappa shape index (κ2) is 7.19. The number of rotatable bonds is 5. The molecule has 128 valence electrons. The summed E-state index contributed by atoms with van der Waals surface area (Å²) in [4.78, 5) is 4.57. The van der Waals surface area contributed by atoms with Gasteiger partial charge in [0.2, 0.25) is 5.89 Å². The van der Waals surface area contributed by atoms with Crippen molar-refractivity contribution in [2.75, 3.05) is 0 Å². The van der Waals surface area contributed by atoms with Crippen LogP contribution >= 0.6 is 0 Å². The zero-order chi connectivity index (χ0) is 17.1. The summed E-state index contributed by atoms with van der Waals surface area (Å²) in [6, 6.07) is 19.5. The van der Waals surface area contributed by atoms with Crippen LogP contribution in [-0.4, -0.2) is 16.2 Å². The van der Waals surface area contributed by atoms with E-state index in [2.05, 4.69) is 58.8 Å². The van der Waals surface area contributed by atoms with Crippen LogP contribution in [0, 0.1) is 0 Å². The first kappa shape index (κ1) is 16.0. The highest BCUT2D eigenvalue weighted by molar-refractivity contribution is 5.30. The third kappa shape index (κ3) is 3.80. The van der Waals surface area contributed by atoms with Crippen LogP contribution in [0.15, 0.2) is 59.1 Å². The van der Waals surface area contributed by atoms with Gasteiger partial charge in [0.25, 0.3) is 0 Å². The molecule has 4 nitrogen and oxygen atoms in total. The molecular formula is C21H23N3O. The normalized spacial score (nSPS) is 17.9. The van der Waals surface area contributed by atoms with E-state index in [0.717, 1.165) is 25.1 Å². The Labute approximate surface area is 148 Å². The second-order valence-corrected chi connectivity index (χ2v) is 6.81. The van der Waals surface area contributed by atoms with Crippen molar-refractivity contribution >= 4 is 0 Å². The summed E-state index contributed by atoms with van der Waals surface area (Å²) in [6.45, 7) is 2.10. The Hall–Kier alpha value is -2.46. The van der Waals surface area contributed by atoms with Crippen LogP contribution in [-0.2, 0) is 19.3 Å². The summed E-state index contributed by atoms with van der Waals surface area (Å²) in [6.07, 6.45) is 4.04. The average molecular weight is 333 g/mol. The van der Waals surface area contributed by atoms with Crippen LogP contribution in [0.3, 0.4) is 0 Å². The summed E-state index contributed by atoms with van der Waals surface area (Å²) < 4.78 is 5.49. The molecule has 2 atom stereocenters. The quantitative estimate of drug-likeness (QED) is 0.770. The number of aromatic nitrogens is 2. The minimum Gasteiger partial charge on any atom is -0.338 e. The molecule has 1 N–H and O–H groups in total. The Morgan fingerprint density at radius 2 is 1.84 bits per heavy atom. The van der Waals surface area contributed by atoms with Crippen LogP contribution in [0.25, 0.3) is 0 Å². The molecule has 1 heterocycles. The molecule has 0 fully saturated rings. The molecule has 0 amide bonds. The Morgan fingerprint density at radius 3 is 2.68 bits per heavy atom. The van der Waals surface area contributed by atoms with Crippen molar-refractivity contribution in [3.05, 3.63) is 83.0 Å². The molecule has 4 rings (SSSR count). The number of aryl methyl sites for hydroxylation is 1. The topological polar surface area (TPSA) is 51.0 Å². The molecular weight excluding hydrogens is 310 g/mol. The molecule has 25 heavy (non-hydrogen) atoms. The van der Waals surface area contributed by atoms with Gasteiger partial charge in [-0.15, -0.1) is 0 Å². The number of benzene rings is 2. The molecule has 2 aromatic carbocycles. The molecule has 0 radical (unpaired) electrons. The molecule has 1 aliphatic rings. The molecule has 0 aliphatic heterocycles. The number of nitrogens with zero attached hydrogens (tertiary/aromatic N) is 2. The highest BCUT2D eigenvalue weighted by Gasteiger charge is 2.22. The summed E-state index contributed by atoms with van der Waals surface area (Å²) in [5, 5.41) is 7.79. The first-order valence-electron chi connectivity index (χ1n) is 8.97. The first-order valence-corrected chi connectivity index (χ1v) is 8.97. The summed E-state index contributed by atoms with van der Waals surface area (Å²) in [5.41, 5.74) is 4.13. The molecule has 4 heteroatoms. The van der Waals surface area contributed by atoms with Gasteiger partial charge in [0.05, 0.1) is 6.04 Å². The second-order valence-electron chi connectivity index (χ2n) is 6.81. The van der Waals surface area contributed by atoms with E-state index < -0.39 is 0 Å². The minimum atomic E-state index is 0.0623. The number of hydrogen-bond donors (Lipinski definition) is 1. The van der Waals surface area contributed by atoms with Gasteiger partial charge in [-0.2, -0.15) is 4.98 Å². The van der Waals surface area contributed by atoms with Gasteiger partial charge in [0.1, 0.15) is 0 Å². The number of nitrogens with one attached hydrogen (secondary N) is 1. The van der Waals surface area contributed by atoms with E-state index in [-0.39, 0.29) is 6.04 Å². The zero-order valence-corrected chi connectivity index (χ0v) is 14.5. The van der Waals surface area contributed by atoms with E-state index in [1.54, 1.807) is 0 Å². The summed E-state index contributed by atoms with van der Waals surface area (Å²) >= 11 is 0. The van der Waals surface area contributed by atoms with Crippen molar-refractivity contribution < 1.29 is 4.52 Å². The van der Waals surface area contributed by atoms with E-state index >= 15 is 0 Å². The largest absolute Gasteiger partial charge is 0.338 e. The lowest BCUT2D eigenvalue weighted by Crippen LogP contribution is -2.36. The molecule has 2 unspecified atom stereocenters. The van der Waals surface area contributed by atoms with Gasteiger partial charge in [-0.1, -0.05) is 59.8 Å². The fraction of sp³-hybridized carbons (Fsp3) is 0.333. The first-order chi connectivity index (χ1) is 12.3. The fourth-order valence-electron chi connectivity index (χ4n) is 3.56. The fourth-order valence-corrected chi connectivity index (χ4v) is 3.56. The predicted molar refractivity (Wildman–Crippen MR) is 97.4 cm³/mol. The van der Waals surface area contributed by atoms with Crippen molar-refractivity contribution in [2.45, 2.75) is 44.7 Å². The van der Waals surface area contributed by atoms with Crippen LogP contribution in [0.1, 0.15) is 47.8 Å². The van der Waals surface area contributed by atoms with Gasteiger partial charge in [-0.05, 0) is 42.9 Å². The maximum Gasteiger partial charge on any atom is 0.243 e. The zero-order valence-electron chi connectivity index (χ0n) is 14.5. The van der Waals surface area contributed by atoms with Crippen LogP contribution < -0.4 is 5.32 Å². The Kier molecular flexibility index (Phi) is 4.61. The monoisotopic (exact) mass is 333 g/mol. The van der Waals surface area contributed by atoms with E-state index in [1.807, 2.05) is 18.2 Å². The van der Waals surface area contributed by atoms with Crippen molar-refractivity contribution in [1.29, 1.82) is 0 Å². The highest BCUT2D eigenvalue weighted by Crippen LogP contribution is 2.23. The van der Waals surface area contributed by atoms with Crippen molar-refractivity contribution in [3.63, 3.8) is 0 Å². The lowest BCUT2D eigenvalue weighted by atomic mass is 9.88. The summed E-state index contributed by atoms with van der Waals surface area (Å²) in [7, 11) is 0. The molecule has 0 spiro atoms. The molecule has 3 aromatic rings. The predicted octanol–water partition coefficient (Wildman–Crippen LogP) is 3.87. The highest BCUT2D eigenvalue weighted by atomic mass is 16.5. The van der Waals surface area contributed by atoms with Gasteiger partial charge >= 0.3 is 0 Å². The SMILES string of the molecule is CC(NC1CCc2ccccc2C1)c1nc(Cc2ccccc2)no1. The van der Waals surface area contributed by atoms with E-state index in [4.69, 9.17) is 4.52 Å². The summed E-state index contributed by atoms with van der Waals surface area (Å²) in [5.74, 6) is 1.41. The molecule has 0 saturated carbocycles. The maximum absolute atomic E-state index is 5.49. The average Bonchev–Trinajstić information content (AvgIpc) is 3.11. The van der Waals surface area contributed by atoms with Crippen molar-refractivity contribution in [2.24, 2.45) is 0 Å². The van der Waals surface area contributed by atoms with E-state index in [9.17, 15) is 0 Å². The molecule has 0 bridgehead atoms. The van der Waals surface area contributed by atoms with Crippen LogP contribution in [0.2, 0.25) is 0 Å². The maximum atomic E-state index is 5.49. The van der Waals surface area contributed by atoms with Gasteiger partial charge in [-0.3, -0.25) is 0 Å². The Balaban J connectivity index is 1.38.